The minimum Gasteiger partial charge on any atom is -0.722 e. The van der Waals surface area contributed by atoms with Crippen LogP contribution in [0, 0.1) is 0 Å². The molecule has 79 heavy (non-hydrogen) atoms. The summed E-state index contributed by atoms with van der Waals surface area (Å²) in [6.07, 6.45) is 15.1. The zero-order valence-electron chi connectivity index (χ0n) is 50.9. The van der Waals surface area contributed by atoms with Crippen LogP contribution in [0.4, 0.5) is 0 Å². The molecule has 3 rings (SSSR count). The third-order valence-corrected chi connectivity index (χ3v) is 13.0. The van der Waals surface area contributed by atoms with Gasteiger partial charge in [0, 0.05) is 56.3 Å². The molecule has 16 heteroatoms. The topological polar surface area (TPSA) is 180 Å². The molecule has 0 amide bonds. The molecule has 0 fully saturated rings. The third kappa shape index (κ3) is 28.0. The van der Waals surface area contributed by atoms with Crippen molar-refractivity contribution in [2.24, 2.45) is 0 Å². The summed E-state index contributed by atoms with van der Waals surface area (Å²) in [5.41, 5.74) is -1.89. The van der Waals surface area contributed by atoms with E-state index in [-0.39, 0.29) is 21.7 Å². The summed E-state index contributed by atoms with van der Waals surface area (Å²) in [6, 6.07) is 22.4. The first-order valence-corrected chi connectivity index (χ1v) is 29.7. The first kappa shape index (κ1) is 76.3. The predicted molar refractivity (Wildman–Crippen MR) is 302 cm³/mol. The monoisotopic (exact) mass is 1150 g/mol. The Morgan fingerprint density at radius 3 is 0.658 bits per heavy atom. The fourth-order valence-corrected chi connectivity index (χ4v) is 7.73. The Bertz CT molecular complexity index is 1620. The van der Waals surface area contributed by atoms with Gasteiger partial charge in [0.25, 0.3) is 0 Å². The van der Waals surface area contributed by atoms with E-state index < -0.39 is 35.7 Å². The van der Waals surface area contributed by atoms with E-state index in [0.29, 0.717) is 93.4 Å². The van der Waals surface area contributed by atoms with Gasteiger partial charge in [0.15, 0.2) is 18.9 Å². The second kappa shape index (κ2) is 47.7. The molecule has 1 radical (unpaired) electrons. The average molecular weight is 1150 g/mol. The van der Waals surface area contributed by atoms with Crippen molar-refractivity contribution >= 4 is 0 Å². The summed E-state index contributed by atoms with van der Waals surface area (Å²) < 4.78 is 53.2. The van der Waals surface area contributed by atoms with Crippen LogP contribution in [0.15, 0.2) is 72.8 Å². The van der Waals surface area contributed by atoms with Crippen molar-refractivity contribution in [2.45, 2.75) is 234 Å². The molecule has 0 spiro atoms. The number of benzene rings is 3. The summed E-state index contributed by atoms with van der Waals surface area (Å²) in [4.78, 5) is 14.1. The van der Waals surface area contributed by atoms with Crippen LogP contribution in [0.1, 0.15) is 215 Å². The number of hydrogen-bond acceptors (Lipinski definition) is 15. The van der Waals surface area contributed by atoms with Crippen LogP contribution in [-0.2, 0) is 81.6 Å². The summed E-state index contributed by atoms with van der Waals surface area (Å²) in [7, 11) is 0. The van der Waals surface area contributed by atoms with E-state index in [1.807, 2.05) is 72.8 Å². The van der Waals surface area contributed by atoms with Crippen LogP contribution in [0.5, 0.6) is 17.2 Å². The average Bonchev–Trinajstić information content (AvgIpc) is 3.46. The SMILES string of the molecule is CCCCOc1ccccc1C(C)(O[O-])C(OCCCC)OCCCC.CCCCOc1ccccc1C(C)(O[O-])C(OCCCC)OCCCC.CCCCOc1ccccc1C(C)(O[O-])C(OCCCC)OCCCC.[Ti+3]. The minimum absolute atomic E-state index is 0. The molecule has 3 unspecified atom stereocenters. The first-order chi connectivity index (χ1) is 37.9. The number of rotatable bonds is 45. The van der Waals surface area contributed by atoms with Crippen molar-refractivity contribution in [3.05, 3.63) is 89.5 Å². The van der Waals surface area contributed by atoms with Gasteiger partial charge in [0.1, 0.15) is 34.1 Å². The van der Waals surface area contributed by atoms with Gasteiger partial charge < -0.3 is 73.1 Å². The van der Waals surface area contributed by atoms with Gasteiger partial charge in [-0.25, -0.2) is 0 Å². The van der Waals surface area contributed by atoms with Gasteiger partial charge in [-0.2, -0.15) is 0 Å². The van der Waals surface area contributed by atoms with Gasteiger partial charge >= 0.3 is 21.7 Å². The normalized spacial score (nSPS) is 13.6. The molecule has 0 heterocycles. The molecule has 0 N–H and O–H groups in total. The van der Waals surface area contributed by atoms with E-state index >= 15 is 0 Å². The van der Waals surface area contributed by atoms with Crippen molar-refractivity contribution in [1.82, 2.24) is 0 Å². The van der Waals surface area contributed by atoms with Gasteiger partial charge in [-0.1, -0.05) is 175 Å². The summed E-state index contributed by atoms with van der Waals surface area (Å²) in [6.45, 7) is 28.9. The van der Waals surface area contributed by atoms with Crippen molar-refractivity contribution in [3.8, 4) is 17.2 Å². The molecular weight excluding hydrogens is 1040 g/mol. The molecule has 0 aromatic heterocycles. The van der Waals surface area contributed by atoms with Gasteiger partial charge in [-0.15, -0.1) is 0 Å². The van der Waals surface area contributed by atoms with E-state index in [4.69, 9.17) is 57.3 Å². The van der Waals surface area contributed by atoms with Crippen LogP contribution < -0.4 is 30.0 Å². The van der Waals surface area contributed by atoms with Crippen LogP contribution in [0.2, 0.25) is 0 Å². The zero-order chi connectivity index (χ0) is 57.8. The molecule has 15 nitrogen and oxygen atoms in total. The van der Waals surface area contributed by atoms with Crippen molar-refractivity contribution in [2.75, 3.05) is 59.5 Å². The second-order valence-corrected chi connectivity index (χ2v) is 20.0. The molecule has 0 saturated carbocycles. The van der Waals surface area contributed by atoms with Crippen LogP contribution in [0.3, 0.4) is 0 Å². The third-order valence-electron chi connectivity index (χ3n) is 13.0. The Labute approximate surface area is 493 Å². The van der Waals surface area contributed by atoms with E-state index in [2.05, 4.69) is 62.3 Å². The maximum Gasteiger partial charge on any atom is 3.00 e. The van der Waals surface area contributed by atoms with E-state index in [1.165, 1.54) is 0 Å². The number of unbranched alkanes of at least 4 members (excludes halogenated alkanes) is 9. The van der Waals surface area contributed by atoms with Crippen molar-refractivity contribution in [3.63, 3.8) is 0 Å². The molecule has 0 aliphatic rings. The zero-order valence-corrected chi connectivity index (χ0v) is 52.4. The Balaban J connectivity index is 0.00000115. The van der Waals surface area contributed by atoms with Gasteiger partial charge in [-0.05, 0) is 96.8 Å². The standard InChI is InChI=1S/3C21H36O5.Ti/c3*1-5-8-15-23-19-14-12-11-13-18(19)21(4,26-22)20(24-16-9-6-2)25-17-10-7-3;/h3*11-14,20,22H,5-10,15-17H2,1-4H3;/q;;;+3/p-3. The van der Waals surface area contributed by atoms with Crippen LogP contribution in [0.25, 0.3) is 0 Å². The fraction of sp³-hybridized carbons (Fsp3) is 0.714. The van der Waals surface area contributed by atoms with E-state index in [1.54, 1.807) is 20.8 Å². The summed E-state index contributed by atoms with van der Waals surface area (Å²) in [5, 5.41) is 35.5. The van der Waals surface area contributed by atoms with E-state index in [0.717, 1.165) is 116 Å². The Morgan fingerprint density at radius 2 is 0.481 bits per heavy atom. The molecule has 0 bridgehead atoms. The Kier molecular flexibility index (Phi) is 46.1. The molecule has 0 aliphatic heterocycles. The van der Waals surface area contributed by atoms with Crippen molar-refractivity contribution < 1.29 is 94.8 Å². The van der Waals surface area contributed by atoms with Crippen molar-refractivity contribution in [1.29, 1.82) is 0 Å². The Morgan fingerprint density at radius 1 is 0.304 bits per heavy atom. The quantitative estimate of drug-likeness (QED) is 0.0171. The summed E-state index contributed by atoms with van der Waals surface area (Å²) in [5.74, 6) is 1.92. The largest absolute Gasteiger partial charge is 3.00 e. The minimum atomic E-state index is -1.29. The second-order valence-electron chi connectivity index (χ2n) is 20.0. The smallest absolute Gasteiger partial charge is 0.722 e. The molecular formula is C63H105O15Ti. The number of para-hydroxylation sites is 3. The van der Waals surface area contributed by atoms with Gasteiger partial charge in [0.2, 0.25) is 0 Å². The molecule has 3 aromatic rings. The molecule has 0 saturated heterocycles. The predicted octanol–water partition coefficient (Wildman–Crippen LogP) is 13.0. The molecule has 3 aromatic carbocycles. The van der Waals surface area contributed by atoms with Crippen LogP contribution in [-0.4, -0.2) is 78.3 Å². The Hall–Kier alpha value is -2.71. The maximum absolute atomic E-state index is 11.8. The molecule has 451 valence electrons. The summed E-state index contributed by atoms with van der Waals surface area (Å²) >= 11 is 0. The maximum atomic E-state index is 11.8. The van der Waals surface area contributed by atoms with Crippen LogP contribution >= 0.6 is 0 Å². The molecule has 0 aliphatic carbocycles. The fourth-order valence-electron chi connectivity index (χ4n) is 7.73. The number of hydrogen-bond donors (Lipinski definition) is 0. The van der Waals surface area contributed by atoms with Gasteiger partial charge in [-0.3, -0.25) is 0 Å². The number of ether oxygens (including phenoxy) is 9. The van der Waals surface area contributed by atoms with Gasteiger partial charge in [0.05, 0.1) is 19.8 Å². The molecule has 3 atom stereocenters. The van der Waals surface area contributed by atoms with E-state index in [9.17, 15) is 15.8 Å². The first-order valence-electron chi connectivity index (χ1n) is 29.7.